The highest BCUT2D eigenvalue weighted by Crippen LogP contribution is 2.19. The van der Waals surface area contributed by atoms with Crippen LogP contribution in [0, 0.1) is 5.92 Å². The van der Waals surface area contributed by atoms with Gasteiger partial charge in [-0.25, -0.2) is 0 Å². The Kier molecular flexibility index (Phi) is 28.5. The Morgan fingerprint density at radius 2 is 0.656 bits per heavy atom. The zero-order chi connectivity index (χ0) is 23.4. The zero-order valence-corrected chi connectivity index (χ0v) is 23.1. The number of allylic oxidation sites excluding steroid dienone is 2. The predicted molar refractivity (Wildman–Crippen MR) is 150 cm³/mol. The zero-order valence-electron chi connectivity index (χ0n) is 23.1. The molecule has 0 aromatic rings. The average Bonchev–Trinajstić information content (AvgIpc) is 2.80. The first-order valence-electron chi connectivity index (χ1n) is 15.5. The van der Waals surface area contributed by atoms with E-state index in [0.29, 0.717) is 0 Å². The van der Waals surface area contributed by atoms with Gasteiger partial charge in [0, 0.05) is 0 Å². The van der Waals surface area contributed by atoms with Crippen LogP contribution in [0.5, 0.6) is 0 Å². The topological polar surface area (TPSA) is 0 Å². The van der Waals surface area contributed by atoms with E-state index >= 15 is 0 Å². The minimum absolute atomic E-state index is 0.959. The summed E-state index contributed by atoms with van der Waals surface area (Å²) >= 11 is 0. The molecule has 0 saturated carbocycles. The third-order valence-corrected chi connectivity index (χ3v) is 7.26. The van der Waals surface area contributed by atoms with Gasteiger partial charge in [-0.3, -0.25) is 0 Å². The molecule has 0 amide bonds. The fourth-order valence-electron chi connectivity index (χ4n) is 4.86. The Hall–Kier alpha value is -0.260. The SMILES string of the molecule is CCCCCC/C=C\CCCCCCCCC(C)CCCCCCCCCCCCCC. The van der Waals surface area contributed by atoms with Gasteiger partial charge in [-0.15, -0.1) is 0 Å². The van der Waals surface area contributed by atoms with Crippen molar-refractivity contribution in [2.45, 2.75) is 188 Å². The highest BCUT2D eigenvalue weighted by molar-refractivity contribution is 4.81. The first-order chi connectivity index (χ1) is 15.8. The molecule has 0 heterocycles. The number of unbranched alkanes of at least 4 members (excludes halogenated alkanes) is 21. The quantitative estimate of drug-likeness (QED) is 0.0865. The van der Waals surface area contributed by atoms with E-state index in [-0.39, 0.29) is 0 Å². The van der Waals surface area contributed by atoms with Crippen molar-refractivity contribution in [2.24, 2.45) is 5.92 Å². The van der Waals surface area contributed by atoms with Gasteiger partial charge in [0.25, 0.3) is 0 Å². The van der Waals surface area contributed by atoms with Gasteiger partial charge < -0.3 is 0 Å². The van der Waals surface area contributed by atoms with Crippen molar-refractivity contribution < 1.29 is 0 Å². The summed E-state index contributed by atoms with van der Waals surface area (Å²) in [4.78, 5) is 0. The smallest absolute Gasteiger partial charge is 0.0351 e. The van der Waals surface area contributed by atoms with Crippen LogP contribution < -0.4 is 0 Å². The lowest BCUT2D eigenvalue weighted by atomic mass is 9.95. The van der Waals surface area contributed by atoms with Gasteiger partial charge >= 0.3 is 0 Å². The Bertz CT molecular complexity index is 342. The van der Waals surface area contributed by atoms with Crippen molar-refractivity contribution in [3.05, 3.63) is 12.2 Å². The molecule has 32 heavy (non-hydrogen) atoms. The van der Waals surface area contributed by atoms with Crippen molar-refractivity contribution in [3.8, 4) is 0 Å². The highest BCUT2D eigenvalue weighted by Gasteiger charge is 2.02. The maximum atomic E-state index is 2.49. The van der Waals surface area contributed by atoms with Crippen LogP contribution in [0.3, 0.4) is 0 Å². The van der Waals surface area contributed by atoms with E-state index in [1.54, 1.807) is 0 Å². The molecule has 0 heteroatoms. The third-order valence-electron chi connectivity index (χ3n) is 7.26. The van der Waals surface area contributed by atoms with E-state index < -0.39 is 0 Å². The second-order valence-electron chi connectivity index (χ2n) is 10.8. The van der Waals surface area contributed by atoms with E-state index in [2.05, 4.69) is 32.9 Å². The van der Waals surface area contributed by atoms with Crippen molar-refractivity contribution >= 4 is 0 Å². The summed E-state index contributed by atoms with van der Waals surface area (Å²) < 4.78 is 0. The maximum Gasteiger partial charge on any atom is -0.0351 e. The summed E-state index contributed by atoms with van der Waals surface area (Å²) in [5, 5.41) is 0. The fourth-order valence-corrected chi connectivity index (χ4v) is 4.86. The minimum Gasteiger partial charge on any atom is -0.0885 e. The Morgan fingerprint density at radius 1 is 0.375 bits per heavy atom. The molecule has 0 bridgehead atoms. The summed E-state index contributed by atoms with van der Waals surface area (Å²) in [6.45, 7) is 7.09. The molecule has 0 saturated heterocycles. The van der Waals surface area contributed by atoms with Gasteiger partial charge in [-0.2, -0.15) is 0 Å². The van der Waals surface area contributed by atoms with Gasteiger partial charge in [0.1, 0.15) is 0 Å². The van der Waals surface area contributed by atoms with Crippen LogP contribution in [-0.2, 0) is 0 Å². The number of hydrogen-bond acceptors (Lipinski definition) is 0. The van der Waals surface area contributed by atoms with Crippen molar-refractivity contribution in [1.29, 1.82) is 0 Å². The Morgan fingerprint density at radius 3 is 1.03 bits per heavy atom. The Balaban J connectivity index is 3.18. The molecule has 1 unspecified atom stereocenters. The van der Waals surface area contributed by atoms with Crippen molar-refractivity contribution in [3.63, 3.8) is 0 Å². The molecule has 0 aliphatic carbocycles. The monoisotopic (exact) mass is 449 g/mol. The molecule has 1 atom stereocenters. The molecule has 0 rings (SSSR count). The Labute approximate surface area is 205 Å². The van der Waals surface area contributed by atoms with Crippen molar-refractivity contribution in [1.82, 2.24) is 0 Å². The molecule has 0 aliphatic rings. The van der Waals surface area contributed by atoms with Crippen LogP contribution in [-0.4, -0.2) is 0 Å². The van der Waals surface area contributed by atoms with Crippen LogP contribution in [0.1, 0.15) is 188 Å². The second kappa shape index (κ2) is 28.8. The summed E-state index contributed by atoms with van der Waals surface area (Å²) in [6, 6.07) is 0. The molecule has 0 aromatic heterocycles. The lowest BCUT2D eigenvalue weighted by Gasteiger charge is -2.11. The van der Waals surface area contributed by atoms with E-state index in [1.807, 2.05) is 0 Å². The van der Waals surface area contributed by atoms with Gasteiger partial charge in [-0.1, -0.05) is 174 Å². The molecule has 0 aliphatic heterocycles. The first kappa shape index (κ1) is 31.7. The molecule has 0 fully saturated rings. The molecule has 0 spiro atoms. The van der Waals surface area contributed by atoms with Gasteiger partial charge in [0.05, 0.1) is 0 Å². The minimum atomic E-state index is 0.959. The number of hydrogen-bond donors (Lipinski definition) is 0. The van der Waals surface area contributed by atoms with E-state index in [4.69, 9.17) is 0 Å². The lowest BCUT2D eigenvalue weighted by molar-refractivity contribution is 0.430. The van der Waals surface area contributed by atoms with Gasteiger partial charge in [0.15, 0.2) is 0 Å². The van der Waals surface area contributed by atoms with Crippen LogP contribution in [0.25, 0.3) is 0 Å². The average molecular weight is 449 g/mol. The molecule has 0 aromatic carbocycles. The van der Waals surface area contributed by atoms with E-state index in [9.17, 15) is 0 Å². The number of rotatable bonds is 27. The summed E-state index contributed by atoms with van der Waals surface area (Å²) in [5.74, 6) is 0.959. The largest absolute Gasteiger partial charge is 0.0885 e. The van der Waals surface area contributed by atoms with E-state index in [1.165, 1.54) is 167 Å². The van der Waals surface area contributed by atoms with Crippen LogP contribution in [0.4, 0.5) is 0 Å². The molecular weight excluding hydrogens is 384 g/mol. The highest BCUT2D eigenvalue weighted by atomic mass is 14.1. The first-order valence-corrected chi connectivity index (χ1v) is 15.5. The van der Waals surface area contributed by atoms with Crippen LogP contribution in [0.15, 0.2) is 12.2 Å². The van der Waals surface area contributed by atoms with Gasteiger partial charge in [-0.05, 0) is 31.6 Å². The maximum absolute atomic E-state index is 2.49. The normalized spacial score (nSPS) is 12.7. The molecule has 192 valence electrons. The molecule has 0 radical (unpaired) electrons. The molecule has 0 N–H and O–H groups in total. The van der Waals surface area contributed by atoms with Crippen LogP contribution in [0.2, 0.25) is 0 Å². The standard InChI is InChI=1S/C32H64/c1-4-6-8-10-12-14-16-18-19-21-23-25-27-29-31-32(3)30-28-26-24-22-20-17-15-13-11-9-7-5-2/h14,16,32H,4-13,15,17-31H2,1-3H3/b16-14-. The van der Waals surface area contributed by atoms with Crippen LogP contribution >= 0.6 is 0 Å². The summed E-state index contributed by atoms with van der Waals surface area (Å²) in [6.07, 6.45) is 42.3. The van der Waals surface area contributed by atoms with Gasteiger partial charge in [0.2, 0.25) is 0 Å². The predicted octanol–water partition coefficient (Wildman–Crippen LogP) is 12.4. The fraction of sp³-hybridized carbons (Fsp3) is 0.938. The third kappa shape index (κ3) is 27.8. The van der Waals surface area contributed by atoms with E-state index in [0.717, 1.165) is 5.92 Å². The summed E-state index contributed by atoms with van der Waals surface area (Å²) in [7, 11) is 0. The molecule has 0 nitrogen and oxygen atoms in total. The second-order valence-corrected chi connectivity index (χ2v) is 10.8. The molecular formula is C32H64. The lowest BCUT2D eigenvalue weighted by Crippen LogP contribution is -1.95. The van der Waals surface area contributed by atoms with Crippen molar-refractivity contribution in [2.75, 3.05) is 0 Å². The summed E-state index contributed by atoms with van der Waals surface area (Å²) in [5.41, 5.74) is 0.